The minimum absolute atomic E-state index is 0.0967. The minimum atomic E-state index is -0.0967. The smallest absolute Gasteiger partial charge is 0.247 e. The Morgan fingerprint density at radius 2 is 2.05 bits per heavy atom. The first kappa shape index (κ1) is 11.9. The summed E-state index contributed by atoms with van der Waals surface area (Å²) in [4.78, 5) is 20.5. The molecule has 98 valence electrons. The van der Waals surface area contributed by atoms with Gasteiger partial charge in [-0.15, -0.1) is 0 Å². The van der Waals surface area contributed by atoms with Crippen molar-refractivity contribution in [3.8, 4) is 11.1 Å². The lowest BCUT2D eigenvalue weighted by Crippen LogP contribution is -2.37. The third-order valence-electron chi connectivity index (χ3n) is 3.19. The second-order valence-corrected chi connectivity index (χ2v) is 4.42. The number of pyridine rings is 2. The van der Waals surface area contributed by atoms with Gasteiger partial charge in [0.05, 0.1) is 13.2 Å². The van der Waals surface area contributed by atoms with Crippen LogP contribution in [0.2, 0.25) is 0 Å². The normalized spacial score (nSPS) is 15.5. The summed E-state index contributed by atoms with van der Waals surface area (Å²) in [5.74, 6) is 0.942. The number of rotatable bonds is 2. The van der Waals surface area contributed by atoms with E-state index >= 15 is 0 Å². The summed E-state index contributed by atoms with van der Waals surface area (Å²) in [5, 5.41) is 0. The summed E-state index contributed by atoms with van der Waals surface area (Å²) < 4.78 is 5.37. The van der Waals surface area contributed by atoms with Gasteiger partial charge in [-0.2, -0.15) is 0 Å². The second-order valence-electron chi connectivity index (χ2n) is 4.42. The van der Waals surface area contributed by atoms with E-state index in [1.165, 1.54) is 6.07 Å². The van der Waals surface area contributed by atoms with Crippen molar-refractivity contribution in [1.29, 1.82) is 0 Å². The zero-order valence-electron chi connectivity index (χ0n) is 10.5. The van der Waals surface area contributed by atoms with Gasteiger partial charge in [-0.3, -0.25) is 4.79 Å². The highest BCUT2D eigenvalue weighted by Crippen LogP contribution is 2.28. The monoisotopic (exact) mass is 257 g/mol. The Kier molecular flexibility index (Phi) is 3.29. The van der Waals surface area contributed by atoms with Crippen molar-refractivity contribution in [2.75, 3.05) is 31.2 Å². The van der Waals surface area contributed by atoms with Crippen LogP contribution in [-0.2, 0) is 4.74 Å². The van der Waals surface area contributed by atoms with Crippen LogP contribution in [-0.4, -0.2) is 36.3 Å². The molecule has 19 heavy (non-hydrogen) atoms. The predicted octanol–water partition coefficient (Wildman–Crippen LogP) is 1.27. The van der Waals surface area contributed by atoms with Crippen molar-refractivity contribution in [2.24, 2.45) is 0 Å². The molecule has 0 radical (unpaired) electrons. The molecule has 3 rings (SSSR count). The number of ether oxygens (including phenoxy) is 1. The van der Waals surface area contributed by atoms with Crippen LogP contribution in [0.15, 0.2) is 41.5 Å². The molecule has 0 bridgehead atoms. The lowest BCUT2D eigenvalue weighted by Gasteiger charge is -2.29. The standard InChI is InChI=1S/C14H15N3O2/c18-13-4-3-11(10-16-13)12-2-1-5-15-14(12)17-6-8-19-9-7-17/h1-5,10H,6-9H2,(H,16,18). The first-order chi connectivity index (χ1) is 9.34. The second kappa shape index (κ2) is 5.24. The van der Waals surface area contributed by atoms with E-state index in [4.69, 9.17) is 4.74 Å². The lowest BCUT2D eigenvalue weighted by atomic mass is 10.1. The van der Waals surface area contributed by atoms with Gasteiger partial charge in [-0.1, -0.05) is 0 Å². The number of anilines is 1. The number of morpholine rings is 1. The molecule has 1 fully saturated rings. The quantitative estimate of drug-likeness (QED) is 0.880. The van der Waals surface area contributed by atoms with E-state index in [-0.39, 0.29) is 5.56 Å². The Morgan fingerprint density at radius 3 is 2.79 bits per heavy atom. The molecule has 1 N–H and O–H groups in total. The van der Waals surface area contributed by atoms with E-state index in [0.717, 1.165) is 43.2 Å². The SMILES string of the molecule is O=c1ccc(-c2cccnc2N2CCOCC2)c[nH]1. The van der Waals surface area contributed by atoms with Crippen molar-refractivity contribution >= 4 is 5.82 Å². The van der Waals surface area contributed by atoms with Gasteiger partial charge in [-0.05, 0) is 18.2 Å². The van der Waals surface area contributed by atoms with Gasteiger partial charge in [0.15, 0.2) is 0 Å². The topological polar surface area (TPSA) is 58.2 Å². The van der Waals surface area contributed by atoms with Crippen LogP contribution in [0.25, 0.3) is 11.1 Å². The average Bonchev–Trinajstić information content (AvgIpc) is 2.49. The Balaban J connectivity index is 2.01. The first-order valence-electron chi connectivity index (χ1n) is 6.31. The van der Waals surface area contributed by atoms with Crippen LogP contribution >= 0.6 is 0 Å². The molecule has 3 heterocycles. The van der Waals surface area contributed by atoms with Crippen molar-refractivity contribution in [1.82, 2.24) is 9.97 Å². The Bertz CT molecular complexity index is 598. The van der Waals surface area contributed by atoms with E-state index in [2.05, 4.69) is 14.9 Å². The van der Waals surface area contributed by atoms with E-state index in [1.807, 2.05) is 18.2 Å². The van der Waals surface area contributed by atoms with Crippen molar-refractivity contribution < 1.29 is 4.74 Å². The highest BCUT2D eigenvalue weighted by atomic mass is 16.5. The number of H-pyrrole nitrogens is 1. The predicted molar refractivity (Wildman–Crippen MR) is 73.3 cm³/mol. The van der Waals surface area contributed by atoms with Gasteiger partial charge in [-0.25, -0.2) is 4.98 Å². The lowest BCUT2D eigenvalue weighted by molar-refractivity contribution is 0.122. The Morgan fingerprint density at radius 1 is 1.21 bits per heavy atom. The maximum Gasteiger partial charge on any atom is 0.247 e. The van der Waals surface area contributed by atoms with Gasteiger partial charge in [0.1, 0.15) is 5.82 Å². The third-order valence-corrected chi connectivity index (χ3v) is 3.19. The fraction of sp³-hybridized carbons (Fsp3) is 0.286. The fourth-order valence-electron chi connectivity index (χ4n) is 2.23. The molecular formula is C14H15N3O2. The van der Waals surface area contributed by atoms with Crippen LogP contribution in [0.5, 0.6) is 0 Å². The highest BCUT2D eigenvalue weighted by Gasteiger charge is 2.16. The molecule has 2 aromatic rings. The van der Waals surface area contributed by atoms with Gasteiger partial charge in [0.2, 0.25) is 5.56 Å². The maximum atomic E-state index is 11.1. The highest BCUT2D eigenvalue weighted by molar-refractivity contribution is 5.75. The number of aromatic amines is 1. The Labute approximate surface area is 110 Å². The largest absolute Gasteiger partial charge is 0.378 e. The zero-order valence-corrected chi connectivity index (χ0v) is 10.5. The molecule has 0 unspecified atom stereocenters. The maximum absolute atomic E-state index is 11.1. The van der Waals surface area contributed by atoms with E-state index in [9.17, 15) is 4.79 Å². The molecule has 1 saturated heterocycles. The van der Waals surface area contributed by atoms with Gasteiger partial charge < -0.3 is 14.6 Å². The van der Waals surface area contributed by atoms with E-state index < -0.39 is 0 Å². The molecule has 0 amide bonds. The minimum Gasteiger partial charge on any atom is -0.378 e. The van der Waals surface area contributed by atoms with Crippen LogP contribution in [0.4, 0.5) is 5.82 Å². The number of hydrogen-bond donors (Lipinski definition) is 1. The van der Waals surface area contributed by atoms with Crippen LogP contribution in [0.3, 0.4) is 0 Å². The molecule has 0 aliphatic carbocycles. The van der Waals surface area contributed by atoms with Gasteiger partial charge >= 0.3 is 0 Å². The van der Waals surface area contributed by atoms with E-state index in [0.29, 0.717) is 0 Å². The summed E-state index contributed by atoms with van der Waals surface area (Å²) in [6.45, 7) is 3.13. The molecular weight excluding hydrogens is 242 g/mol. The van der Waals surface area contributed by atoms with Gasteiger partial charge in [0.25, 0.3) is 0 Å². The average molecular weight is 257 g/mol. The number of hydrogen-bond acceptors (Lipinski definition) is 4. The van der Waals surface area contributed by atoms with Crippen molar-refractivity contribution in [2.45, 2.75) is 0 Å². The summed E-state index contributed by atoms with van der Waals surface area (Å²) in [7, 11) is 0. The number of nitrogens with zero attached hydrogens (tertiary/aromatic N) is 2. The molecule has 1 aliphatic rings. The van der Waals surface area contributed by atoms with Crippen LogP contribution < -0.4 is 10.5 Å². The zero-order chi connectivity index (χ0) is 13.1. The molecule has 0 saturated carbocycles. The molecule has 2 aromatic heterocycles. The summed E-state index contributed by atoms with van der Waals surface area (Å²) in [5.41, 5.74) is 1.90. The van der Waals surface area contributed by atoms with Gasteiger partial charge in [0, 0.05) is 42.7 Å². The third kappa shape index (κ3) is 2.51. The van der Waals surface area contributed by atoms with Crippen molar-refractivity contribution in [3.63, 3.8) is 0 Å². The van der Waals surface area contributed by atoms with Crippen LogP contribution in [0.1, 0.15) is 0 Å². The molecule has 0 spiro atoms. The summed E-state index contributed by atoms with van der Waals surface area (Å²) in [6, 6.07) is 7.28. The summed E-state index contributed by atoms with van der Waals surface area (Å²) >= 11 is 0. The molecule has 0 aromatic carbocycles. The van der Waals surface area contributed by atoms with Crippen LogP contribution in [0, 0.1) is 0 Å². The van der Waals surface area contributed by atoms with E-state index in [1.54, 1.807) is 12.4 Å². The summed E-state index contributed by atoms with van der Waals surface area (Å²) in [6.07, 6.45) is 3.52. The molecule has 5 heteroatoms. The van der Waals surface area contributed by atoms with Crippen molar-refractivity contribution in [3.05, 3.63) is 47.0 Å². The first-order valence-corrected chi connectivity index (χ1v) is 6.31. The molecule has 0 atom stereocenters. The Hall–Kier alpha value is -2.14. The molecule has 5 nitrogen and oxygen atoms in total. The number of nitrogens with one attached hydrogen (secondary N) is 1. The fourth-order valence-corrected chi connectivity index (χ4v) is 2.23. The number of aromatic nitrogens is 2. The molecule has 1 aliphatic heterocycles.